The number of aromatic nitrogens is 1. The normalized spacial score (nSPS) is 10.5. The molecule has 0 bridgehead atoms. The van der Waals surface area contributed by atoms with Gasteiger partial charge in [-0.15, -0.1) is 0 Å². The van der Waals surface area contributed by atoms with Crippen LogP contribution in [-0.4, -0.2) is 17.0 Å². The Morgan fingerprint density at radius 1 is 0.963 bits per heavy atom. The summed E-state index contributed by atoms with van der Waals surface area (Å²) in [4.78, 5) is 16.5. The van der Waals surface area contributed by atoms with Gasteiger partial charge < -0.3 is 15.4 Å². The van der Waals surface area contributed by atoms with Crippen molar-refractivity contribution in [2.24, 2.45) is 0 Å². The second-order valence-electron chi connectivity index (χ2n) is 6.21. The van der Waals surface area contributed by atoms with Crippen LogP contribution in [0.2, 0.25) is 5.02 Å². The molecule has 0 aliphatic heterocycles. The van der Waals surface area contributed by atoms with Crippen LogP contribution in [-0.2, 0) is 0 Å². The lowest BCUT2D eigenvalue weighted by molar-refractivity contribution is 0.102. The molecule has 0 aliphatic rings. The molecule has 1 heterocycles. The van der Waals surface area contributed by atoms with Gasteiger partial charge in [-0.2, -0.15) is 0 Å². The van der Waals surface area contributed by atoms with Gasteiger partial charge in [-0.3, -0.25) is 4.79 Å². The lowest BCUT2D eigenvalue weighted by atomic mass is 10.2. The molecule has 27 heavy (non-hydrogen) atoms. The molecule has 6 heteroatoms. The summed E-state index contributed by atoms with van der Waals surface area (Å²) in [5, 5.41) is 6.60. The zero-order valence-electron chi connectivity index (χ0n) is 15.1. The van der Waals surface area contributed by atoms with Gasteiger partial charge in [-0.25, -0.2) is 4.98 Å². The van der Waals surface area contributed by atoms with E-state index in [1.165, 1.54) is 0 Å². The number of carbonyl (C=O) groups excluding carboxylic acids is 1. The van der Waals surface area contributed by atoms with Crippen molar-refractivity contribution in [1.82, 2.24) is 4.98 Å². The first-order chi connectivity index (χ1) is 13.0. The molecular formula is C21H20ClN3O2. The molecule has 0 spiro atoms. The van der Waals surface area contributed by atoms with E-state index in [1.54, 1.807) is 42.6 Å². The van der Waals surface area contributed by atoms with Gasteiger partial charge in [-0.1, -0.05) is 11.6 Å². The van der Waals surface area contributed by atoms with Crippen molar-refractivity contribution in [1.29, 1.82) is 0 Å². The van der Waals surface area contributed by atoms with Crippen LogP contribution in [0.1, 0.15) is 24.2 Å². The zero-order chi connectivity index (χ0) is 19.2. The van der Waals surface area contributed by atoms with Crippen LogP contribution in [0.15, 0.2) is 66.9 Å². The number of hydrogen-bond acceptors (Lipinski definition) is 4. The van der Waals surface area contributed by atoms with Crippen molar-refractivity contribution in [3.8, 4) is 5.75 Å². The number of rotatable bonds is 6. The molecule has 0 unspecified atom stereocenters. The van der Waals surface area contributed by atoms with Crippen LogP contribution in [0.25, 0.3) is 0 Å². The fourth-order valence-corrected chi connectivity index (χ4v) is 2.51. The zero-order valence-corrected chi connectivity index (χ0v) is 15.8. The standard InChI is InChI=1S/C21H20ClN3O2/c1-14(2)27-19-10-7-17(8-11-19)24-20-12-9-18(13-23-20)25-21(26)15-3-5-16(22)6-4-15/h3-14H,1-2H3,(H,23,24)(H,25,26). The Bertz CT molecular complexity index is 892. The first kappa shape index (κ1) is 18.7. The number of ether oxygens (including phenoxy) is 1. The fourth-order valence-electron chi connectivity index (χ4n) is 2.38. The summed E-state index contributed by atoms with van der Waals surface area (Å²) in [6.07, 6.45) is 1.74. The Labute approximate surface area is 163 Å². The number of amides is 1. The Kier molecular flexibility index (Phi) is 5.94. The number of nitrogens with one attached hydrogen (secondary N) is 2. The fraction of sp³-hybridized carbons (Fsp3) is 0.143. The van der Waals surface area contributed by atoms with Crippen molar-refractivity contribution in [2.75, 3.05) is 10.6 Å². The number of carbonyl (C=O) groups is 1. The third-order valence-electron chi connectivity index (χ3n) is 3.63. The number of halogens is 1. The van der Waals surface area contributed by atoms with E-state index in [-0.39, 0.29) is 12.0 Å². The van der Waals surface area contributed by atoms with Crippen LogP contribution in [0.3, 0.4) is 0 Å². The maximum absolute atomic E-state index is 12.2. The quantitative estimate of drug-likeness (QED) is 0.590. The van der Waals surface area contributed by atoms with E-state index >= 15 is 0 Å². The second kappa shape index (κ2) is 8.56. The molecule has 1 aromatic heterocycles. The van der Waals surface area contributed by atoms with Crippen LogP contribution in [0.4, 0.5) is 17.2 Å². The summed E-state index contributed by atoms with van der Waals surface area (Å²) in [6, 6.07) is 18.0. The van der Waals surface area contributed by atoms with Crippen molar-refractivity contribution < 1.29 is 9.53 Å². The maximum atomic E-state index is 12.2. The highest BCUT2D eigenvalue weighted by atomic mass is 35.5. The van der Waals surface area contributed by atoms with Crippen LogP contribution in [0.5, 0.6) is 5.75 Å². The Balaban J connectivity index is 1.60. The van der Waals surface area contributed by atoms with Crippen molar-refractivity contribution >= 4 is 34.7 Å². The van der Waals surface area contributed by atoms with Gasteiger partial charge in [0.15, 0.2) is 0 Å². The van der Waals surface area contributed by atoms with Crippen LogP contribution in [0, 0.1) is 0 Å². The average Bonchev–Trinajstić information content (AvgIpc) is 2.65. The van der Waals surface area contributed by atoms with Gasteiger partial charge >= 0.3 is 0 Å². The Morgan fingerprint density at radius 2 is 1.63 bits per heavy atom. The van der Waals surface area contributed by atoms with E-state index in [4.69, 9.17) is 16.3 Å². The topological polar surface area (TPSA) is 63.2 Å². The third kappa shape index (κ3) is 5.46. The lowest BCUT2D eigenvalue weighted by Crippen LogP contribution is -2.11. The van der Waals surface area contributed by atoms with Crippen LogP contribution >= 0.6 is 11.6 Å². The highest BCUT2D eigenvalue weighted by molar-refractivity contribution is 6.30. The molecule has 3 aromatic rings. The average molecular weight is 382 g/mol. The van der Waals surface area contributed by atoms with Gasteiger partial charge in [0.25, 0.3) is 5.91 Å². The van der Waals surface area contributed by atoms with Crippen molar-refractivity contribution in [3.05, 3.63) is 77.4 Å². The molecule has 5 nitrogen and oxygen atoms in total. The summed E-state index contributed by atoms with van der Waals surface area (Å²) in [7, 11) is 0. The SMILES string of the molecule is CC(C)Oc1ccc(Nc2ccc(NC(=O)c3ccc(Cl)cc3)cn2)cc1. The molecule has 0 saturated heterocycles. The molecule has 2 N–H and O–H groups in total. The molecule has 3 rings (SSSR count). The van der Waals surface area contributed by atoms with Crippen LogP contribution < -0.4 is 15.4 Å². The summed E-state index contributed by atoms with van der Waals surface area (Å²) < 4.78 is 5.62. The summed E-state index contributed by atoms with van der Waals surface area (Å²) in [5.41, 5.74) is 2.04. The Hall–Kier alpha value is -3.05. The van der Waals surface area contributed by atoms with Crippen molar-refractivity contribution in [2.45, 2.75) is 20.0 Å². The highest BCUT2D eigenvalue weighted by Gasteiger charge is 2.06. The Morgan fingerprint density at radius 3 is 2.22 bits per heavy atom. The van der Waals surface area contributed by atoms with E-state index in [9.17, 15) is 4.79 Å². The molecule has 0 atom stereocenters. The minimum absolute atomic E-state index is 0.140. The molecule has 0 radical (unpaired) electrons. The number of anilines is 3. The summed E-state index contributed by atoms with van der Waals surface area (Å²) in [6.45, 7) is 3.98. The minimum Gasteiger partial charge on any atom is -0.491 e. The molecular weight excluding hydrogens is 362 g/mol. The predicted molar refractivity (Wildman–Crippen MR) is 109 cm³/mol. The lowest BCUT2D eigenvalue weighted by Gasteiger charge is -2.11. The smallest absolute Gasteiger partial charge is 0.255 e. The minimum atomic E-state index is -0.213. The number of hydrogen-bond donors (Lipinski definition) is 2. The second-order valence-corrected chi connectivity index (χ2v) is 6.65. The molecule has 0 aliphatic carbocycles. The maximum Gasteiger partial charge on any atom is 0.255 e. The summed E-state index contributed by atoms with van der Waals surface area (Å²) in [5.74, 6) is 1.29. The molecule has 1 amide bonds. The van der Waals surface area contributed by atoms with Gasteiger partial charge in [0.05, 0.1) is 18.0 Å². The highest BCUT2D eigenvalue weighted by Crippen LogP contribution is 2.21. The molecule has 2 aromatic carbocycles. The molecule has 138 valence electrons. The van der Waals surface area contributed by atoms with E-state index in [0.29, 0.717) is 22.1 Å². The van der Waals surface area contributed by atoms with Gasteiger partial charge in [0.2, 0.25) is 0 Å². The van der Waals surface area contributed by atoms with Gasteiger partial charge in [-0.05, 0) is 74.5 Å². The van der Waals surface area contributed by atoms with E-state index < -0.39 is 0 Å². The number of pyridine rings is 1. The number of benzene rings is 2. The number of nitrogens with zero attached hydrogens (tertiary/aromatic N) is 1. The monoisotopic (exact) mass is 381 g/mol. The third-order valence-corrected chi connectivity index (χ3v) is 3.88. The first-order valence-electron chi connectivity index (χ1n) is 8.56. The molecule has 0 fully saturated rings. The largest absolute Gasteiger partial charge is 0.491 e. The van der Waals surface area contributed by atoms with E-state index in [1.807, 2.05) is 38.1 Å². The first-order valence-corrected chi connectivity index (χ1v) is 8.94. The van der Waals surface area contributed by atoms with Crippen molar-refractivity contribution in [3.63, 3.8) is 0 Å². The summed E-state index contributed by atoms with van der Waals surface area (Å²) >= 11 is 5.84. The van der Waals surface area contributed by atoms with E-state index in [0.717, 1.165) is 11.4 Å². The van der Waals surface area contributed by atoms with Gasteiger partial charge in [0, 0.05) is 16.3 Å². The van der Waals surface area contributed by atoms with Gasteiger partial charge in [0.1, 0.15) is 11.6 Å². The predicted octanol–water partition coefficient (Wildman–Crippen LogP) is 5.52. The van der Waals surface area contributed by atoms with E-state index in [2.05, 4.69) is 15.6 Å². The molecule has 0 saturated carbocycles.